The Morgan fingerprint density at radius 3 is 2.06 bits per heavy atom. The van der Waals surface area contributed by atoms with Crippen molar-refractivity contribution < 1.29 is 19.4 Å². The van der Waals surface area contributed by atoms with Crippen molar-refractivity contribution in [1.29, 1.82) is 0 Å². The Morgan fingerprint density at radius 1 is 1.25 bits per heavy atom. The number of carbonyl (C=O) groups excluding carboxylic acids is 1. The van der Waals surface area contributed by atoms with Crippen molar-refractivity contribution in [2.24, 2.45) is 0 Å². The molecule has 0 aromatic heterocycles. The highest BCUT2D eigenvalue weighted by Gasteiger charge is 2.13. The number of rotatable bonds is 5. The van der Waals surface area contributed by atoms with E-state index in [0.29, 0.717) is 23.5 Å². The standard InChI is InChI=1S/C12H16O4/c1-4-11(12(13)14)8-5-9(15-2)7-10(6-8)16-3/h5-7,11H,4H2,1-3H3,(H,13,14)/p-1. The van der Waals surface area contributed by atoms with Crippen molar-refractivity contribution >= 4 is 5.97 Å². The predicted octanol–water partition coefficient (Wildman–Crippen LogP) is 0.947. The van der Waals surface area contributed by atoms with Crippen LogP contribution in [0, 0.1) is 0 Å². The van der Waals surface area contributed by atoms with Gasteiger partial charge < -0.3 is 19.4 Å². The van der Waals surface area contributed by atoms with Gasteiger partial charge in [0.25, 0.3) is 0 Å². The normalized spacial score (nSPS) is 11.9. The number of hydrogen-bond acceptors (Lipinski definition) is 4. The summed E-state index contributed by atoms with van der Waals surface area (Å²) in [7, 11) is 3.05. The molecular formula is C12H15O4-. The first kappa shape index (κ1) is 12.4. The summed E-state index contributed by atoms with van der Waals surface area (Å²) in [6.45, 7) is 1.80. The molecule has 0 saturated carbocycles. The second kappa shape index (κ2) is 5.39. The van der Waals surface area contributed by atoms with Gasteiger partial charge in [-0.15, -0.1) is 0 Å². The van der Waals surface area contributed by atoms with Crippen LogP contribution in [-0.2, 0) is 4.79 Å². The fraction of sp³-hybridized carbons (Fsp3) is 0.417. The Balaban J connectivity index is 3.15. The molecule has 1 rings (SSSR count). The smallest absolute Gasteiger partial charge is 0.122 e. The minimum Gasteiger partial charge on any atom is -0.549 e. The van der Waals surface area contributed by atoms with Crippen LogP contribution in [0.15, 0.2) is 18.2 Å². The Morgan fingerprint density at radius 2 is 1.75 bits per heavy atom. The molecule has 0 amide bonds. The Labute approximate surface area is 94.8 Å². The van der Waals surface area contributed by atoms with E-state index in [4.69, 9.17) is 9.47 Å². The van der Waals surface area contributed by atoms with Crippen LogP contribution in [0.1, 0.15) is 24.8 Å². The largest absolute Gasteiger partial charge is 0.549 e. The summed E-state index contributed by atoms with van der Waals surface area (Å²) in [6, 6.07) is 5.07. The van der Waals surface area contributed by atoms with Crippen molar-refractivity contribution in [2.45, 2.75) is 19.3 Å². The van der Waals surface area contributed by atoms with Crippen molar-refractivity contribution in [1.82, 2.24) is 0 Å². The Kier molecular flexibility index (Phi) is 4.17. The molecule has 0 radical (unpaired) electrons. The molecule has 0 spiro atoms. The molecule has 1 aromatic rings. The van der Waals surface area contributed by atoms with Crippen molar-refractivity contribution in [3.63, 3.8) is 0 Å². The van der Waals surface area contributed by atoms with E-state index >= 15 is 0 Å². The number of aliphatic carboxylic acids is 1. The lowest BCUT2D eigenvalue weighted by molar-refractivity contribution is -0.308. The van der Waals surface area contributed by atoms with Crippen LogP contribution in [0.3, 0.4) is 0 Å². The lowest BCUT2D eigenvalue weighted by atomic mass is 9.96. The van der Waals surface area contributed by atoms with E-state index in [-0.39, 0.29) is 0 Å². The molecule has 1 aromatic carbocycles. The zero-order valence-corrected chi connectivity index (χ0v) is 9.65. The molecule has 0 aliphatic heterocycles. The van der Waals surface area contributed by atoms with Crippen LogP contribution >= 0.6 is 0 Å². The summed E-state index contributed by atoms with van der Waals surface area (Å²) >= 11 is 0. The van der Waals surface area contributed by atoms with Gasteiger partial charge >= 0.3 is 0 Å². The van der Waals surface area contributed by atoms with Gasteiger partial charge in [-0.2, -0.15) is 0 Å². The highest BCUT2D eigenvalue weighted by Crippen LogP contribution is 2.28. The zero-order chi connectivity index (χ0) is 12.1. The summed E-state index contributed by atoms with van der Waals surface area (Å²) in [5.41, 5.74) is 0.638. The second-order valence-corrected chi connectivity index (χ2v) is 3.43. The number of carboxylic acids is 1. The maximum atomic E-state index is 10.9. The summed E-state index contributed by atoms with van der Waals surface area (Å²) in [4.78, 5) is 10.9. The lowest BCUT2D eigenvalue weighted by Gasteiger charge is -2.18. The number of methoxy groups -OCH3 is 2. The predicted molar refractivity (Wildman–Crippen MR) is 57.6 cm³/mol. The molecule has 1 atom stereocenters. The van der Waals surface area contributed by atoms with E-state index in [1.807, 2.05) is 0 Å². The fourth-order valence-electron chi connectivity index (χ4n) is 1.57. The Hall–Kier alpha value is -1.71. The summed E-state index contributed by atoms with van der Waals surface area (Å²) in [6.07, 6.45) is 0.471. The SMILES string of the molecule is CCC(C(=O)[O-])c1cc(OC)cc(OC)c1. The molecule has 0 fully saturated rings. The van der Waals surface area contributed by atoms with E-state index in [9.17, 15) is 9.90 Å². The van der Waals surface area contributed by atoms with Crippen LogP contribution in [-0.4, -0.2) is 20.2 Å². The van der Waals surface area contributed by atoms with Gasteiger partial charge in [-0.3, -0.25) is 0 Å². The molecule has 16 heavy (non-hydrogen) atoms. The van der Waals surface area contributed by atoms with E-state index in [2.05, 4.69) is 0 Å². The average Bonchev–Trinajstić information content (AvgIpc) is 2.29. The maximum absolute atomic E-state index is 10.9. The average molecular weight is 223 g/mol. The Bertz CT molecular complexity index is 351. The van der Waals surface area contributed by atoms with E-state index in [1.165, 1.54) is 14.2 Å². The van der Waals surface area contributed by atoms with Crippen molar-refractivity contribution in [2.75, 3.05) is 14.2 Å². The van der Waals surface area contributed by atoms with Gasteiger partial charge in [0.2, 0.25) is 0 Å². The third-order valence-electron chi connectivity index (χ3n) is 2.47. The van der Waals surface area contributed by atoms with Gasteiger partial charge in [0.1, 0.15) is 11.5 Å². The molecule has 0 heterocycles. The van der Waals surface area contributed by atoms with Crippen LogP contribution in [0.4, 0.5) is 0 Å². The first-order chi connectivity index (χ1) is 7.62. The number of ether oxygens (including phenoxy) is 2. The first-order valence-electron chi connectivity index (χ1n) is 5.06. The van der Waals surface area contributed by atoms with Crippen LogP contribution in [0.5, 0.6) is 11.5 Å². The van der Waals surface area contributed by atoms with E-state index < -0.39 is 11.9 Å². The van der Waals surface area contributed by atoms with Crippen LogP contribution in [0.2, 0.25) is 0 Å². The van der Waals surface area contributed by atoms with Gasteiger partial charge in [0.05, 0.1) is 14.2 Å². The topological polar surface area (TPSA) is 58.6 Å². The minimum absolute atomic E-state index is 0.471. The fourth-order valence-corrected chi connectivity index (χ4v) is 1.57. The highest BCUT2D eigenvalue weighted by atomic mass is 16.5. The van der Waals surface area contributed by atoms with Gasteiger partial charge in [0, 0.05) is 18.0 Å². The second-order valence-electron chi connectivity index (χ2n) is 3.43. The summed E-state index contributed by atoms with van der Waals surface area (Å²) in [5.74, 6) is -0.565. The zero-order valence-electron chi connectivity index (χ0n) is 9.65. The van der Waals surface area contributed by atoms with Crippen LogP contribution in [0.25, 0.3) is 0 Å². The number of hydrogen-bond donors (Lipinski definition) is 0. The maximum Gasteiger partial charge on any atom is 0.122 e. The number of benzene rings is 1. The monoisotopic (exact) mass is 223 g/mol. The molecule has 4 nitrogen and oxygen atoms in total. The quantitative estimate of drug-likeness (QED) is 0.745. The molecular weight excluding hydrogens is 208 g/mol. The minimum atomic E-state index is -1.09. The third kappa shape index (κ3) is 2.66. The van der Waals surface area contributed by atoms with Gasteiger partial charge in [-0.05, 0) is 24.1 Å². The molecule has 0 aliphatic carbocycles. The lowest BCUT2D eigenvalue weighted by Crippen LogP contribution is -2.29. The van der Waals surface area contributed by atoms with Gasteiger partial charge in [0.15, 0.2) is 0 Å². The molecule has 0 N–H and O–H groups in total. The molecule has 0 saturated heterocycles. The summed E-state index contributed by atoms with van der Waals surface area (Å²) < 4.78 is 10.2. The van der Waals surface area contributed by atoms with Gasteiger partial charge in [-0.1, -0.05) is 6.92 Å². The number of carboxylic acid groups (broad SMARTS) is 1. The van der Waals surface area contributed by atoms with Crippen molar-refractivity contribution in [3.05, 3.63) is 23.8 Å². The summed E-state index contributed by atoms with van der Waals surface area (Å²) in [5, 5.41) is 10.9. The number of carbonyl (C=O) groups is 1. The molecule has 0 bridgehead atoms. The van der Waals surface area contributed by atoms with Crippen molar-refractivity contribution in [3.8, 4) is 11.5 Å². The third-order valence-corrected chi connectivity index (χ3v) is 2.47. The molecule has 0 aliphatic rings. The van der Waals surface area contributed by atoms with Crippen LogP contribution < -0.4 is 14.6 Å². The molecule has 88 valence electrons. The molecule has 4 heteroatoms. The molecule has 1 unspecified atom stereocenters. The van der Waals surface area contributed by atoms with E-state index in [1.54, 1.807) is 25.1 Å². The first-order valence-corrected chi connectivity index (χ1v) is 5.06. The van der Waals surface area contributed by atoms with Gasteiger partial charge in [-0.25, -0.2) is 0 Å². The van der Waals surface area contributed by atoms with E-state index in [0.717, 1.165) is 0 Å². The highest BCUT2D eigenvalue weighted by molar-refractivity contribution is 5.74.